The second kappa shape index (κ2) is 7.38. The monoisotopic (exact) mass is 326 g/mol. The Hall–Kier alpha value is -2.50. The Balaban J connectivity index is 1.53. The number of nitrogens with zero attached hydrogens (tertiary/aromatic N) is 4. The van der Waals surface area contributed by atoms with Crippen molar-refractivity contribution in [3.05, 3.63) is 58.3 Å². The van der Waals surface area contributed by atoms with E-state index in [2.05, 4.69) is 10.1 Å². The lowest BCUT2D eigenvalue weighted by atomic mass is 9.90. The molecule has 1 fully saturated rings. The number of likely N-dealkylation sites (tertiary alicyclic amines) is 1. The van der Waals surface area contributed by atoms with Crippen molar-refractivity contribution < 1.29 is 4.79 Å². The predicted molar refractivity (Wildman–Crippen MR) is 90.5 cm³/mol. The van der Waals surface area contributed by atoms with Crippen LogP contribution in [-0.2, 0) is 17.8 Å². The maximum absolute atomic E-state index is 12.4. The first-order chi connectivity index (χ1) is 11.6. The van der Waals surface area contributed by atoms with Crippen LogP contribution in [0.5, 0.6) is 0 Å². The second-order valence-electron chi connectivity index (χ2n) is 6.35. The van der Waals surface area contributed by atoms with Gasteiger partial charge in [-0.15, -0.1) is 0 Å². The van der Waals surface area contributed by atoms with Crippen molar-refractivity contribution in [2.45, 2.75) is 32.7 Å². The van der Waals surface area contributed by atoms with Crippen molar-refractivity contribution >= 4 is 5.91 Å². The molecule has 0 aliphatic carbocycles. The third-order valence-electron chi connectivity index (χ3n) is 4.53. The first kappa shape index (κ1) is 16.4. The fourth-order valence-electron chi connectivity index (χ4n) is 3.13. The Labute approximate surface area is 141 Å². The molecular formula is C18H22N4O2. The standard InChI is InChI=1S/C18H22N4O2/c1-14-2-3-17(23)22(20-14)13-18(24)21-10-6-16(7-11-21)12-15-4-8-19-9-5-15/h2-5,8-9,16H,6-7,10-13H2,1H3. The lowest BCUT2D eigenvalue weighted by molar-refractivity contribution is -0.133. The fraction of sp³-hybridized carbons (Fsp3) is 0.444. The van der Waals surface area contributed by atoms with E-state index in [9.17, 15) is 9.59 Å². The van der Waals surface area contributed by atoms with E-state index in [1.54, 1.807) is 6.07 Å². The lowest BCUT2D eigenvalue weighted by Crippen LogP contribution is -2.42. The molecule has 0 aromatic carbocycles. The number of carbonyl (C=O) groups is 1. The van der Waals surface area contributed by atoms with Gasteiger partial charge in [0.1, 0.15) is 6.54 Å². The minimum Gasteiger partial charge on any atom is -0.341 e. The number of amides is 1. The molecule has 0 spiro atoms. The molecule has 3 rings (SSSR count). The van der Waals surface area contributed by atoms with E-state index in [1.165, 1.54) is 16.3 Å². The summed E-state index contributed by atoms with van der Waals surface area (Å²) in [5.74, 6) is 0.564. The van der Waals surface area contributed by atoms with E-state index in [0.717, 1.165) is 38.0 Å². The van der Waals surface area contributed by atoms with E-state index in [4.69, 9.17) is 0 Å². The van der Waals surface area contributed by atoms with Gasteiger partial charge in [-0.25, -0.2) is 4.68 Å². The molecule has 0 bridgehead atoms. The molecule has 2 aromatic heterocycles. The molecule has 0 unspecified atom stereocenters. The minimum atomic E-state index is -0.235. The highest BCUT2D eigenvalue weighted by Gasteiger charge is 2.23. The molecule has 0 atom stereocenters. The summed E-state index contributed by atoms with van der Waals surface area (Å²) in [6.45, 7) is 3.32. The molecular weight excluding hydrogens is 304 g/mol. The van der Waals surface area contributed by atoms with Gasteiger partial charge in [-0.2, -0.15) is 5.10 Å². The first-order valence-corrected chi connectivity index (χ1v) is 8.33. The first-order valence-electron chi connectivity index (χ1n) is 8.33. The van der Waals surface area contributed by atoms with E-state index in [0.29, 0.717) is 5.92 Å². The Morgan fingerprint density at radius 2 is 1.88 bits per heavy atom. The van der Waals surface area contributed by atoms with Crippen molar-refractivity contribution in [1.82, 2.24) is 19.7 Å². The number of piperidine rings is 1. The normalized spacial score (nSPS) is 15.5. The molecule has 3 heterocycles. The van der Waals surface area contributed by atoms with Crippen LogP contribution in [-0.4, -0.2) is 38.7 Å². The number of aromatic nitrogens is 3. The van der Waals surface area contributed by atoms with Crippen LogP contribution in [0.3, 0.4) is 0 Å². The predicted octanol–water partition coefficient (Wildman–Crippen LogP) is 1.43. The van der Waals surface area contributed by atoms with Crippen molar-refractivity contribution in [2.24, 2.45) is 5.92 Å². The number of rotatable bonds is 4. The Morgan fingerprint density at radius 3 is 2.58 bits per heavy atom. The van der Waals surface area contributed by atoms with Crippen molar-refractivity contribution in [3.8, 4) is 0 Å². The highest BCUT2D eigenvalue weighted by atomic mass is 16.2. The van der Waals surface area contributed by atoms with Crippen molar-refractivity contribution in [1.29, 1.82) is 0 Å². The van der Waals surface area contributed by atoms with Gasteiger partial charge in [0.25, 0.3) is 5.56 Å². The molecule has 0 saturated carbocycles. The van der Waals surface area contributed by atoms with Crippen LogP contribution in [0.2, 0.25) is 0 Å². The molecule has 1 amide bonds. The number of carbonyl (C=O) groups excluding carboxylic acids is 1. The zero-order valence-corrected chi connectivity index (χ0v) is 13.9. The summed E-state index contributed by atoms with van der Waals surface area (Å²) < 4.78 is 1.25. The van der Waals surface area contributed by atoms with Crippen molar-refractivity contribution in [2.75, 3.05) is 13.1 Å². The highest BCUT2D eigenvalue weighted by Crippen LogP contribution is 2.21. The SMILES string of the molecule is Cc1ccc(=O)n(CC(=O)N2CCC(Cc3ccncc3)CC2)n1. The quantitative estimate of drug-likeness (QED) is 0.852. The largest absolute Gasteiger partial charge is 0.341 e. The average Bonchev–Trinajstić information content (AvgIpc) is 2.60. The lowest BCUT2D eigenvalue weighted by Gasteiger charge is -2.32. The second-order valence-corrected chi connectivity index (χ2v) is 6.35. The molecule has 6 heteroatoms. The Kier molecular flexibility index (Phi) is 5.03. The molecule has 0 radical (unpaired) electrons. The van der Waals surface area contributed by atoms with E-state index in [1.807, 2.05) is 36.4 Å². The summed E-state index contributed by atoms with van der Waals surface area (Å²) in [5, 5.41) is 4.13. The van der Waals surface area contributed by atoms with Crippen LogP contribution in [0.15, 0.2) is 41.5 Å². The third kappa shape index (κ3) is 4.07. The summed E-state index contributed by atoms with van der Waals surface area (Å²) >= 11 is 0. The van der Waals surface area contributed by atoms with Crippen LogP contribution in [0, 0.1) is 12.8 Å². The maximum atomic E-state index is 12.4. The molecule has 24 heavy (non-hydrogen) atoms. The molecule has 6 nitrogen and oxygen atoms in total. The van der Waals surface area contributed by atoms with Gasteiger partial charge in [0.15, 0.2) is 0 Å². The van der Waals surface area contributed by atoms with Gasteiger partial charge in [-0.3, -0.25) is 14.6 Å². The number of aryl methyl sites for hydroxylation is 1. The van der Waals surface area contributed by atoms with Crippen LogP contribution in [0.4, 0.5) is 0 Å². The number of hydrogen-bond donors (Lipinski definition) is 0. The van der Waals surface area contributed by atoms with Crippen LogP contribution < -0.4 is 5.56 Å². The zero-order chi connectivity index (χ0) is 16.9. The van der Waals surface area contributed by atoms with Gasteiger partial charge >= 0.3 is 0 Å². The number of pyridine rings is 1. The molecule has 2 aromatic rings. The Morgan fingerprint density at radius 1 is 1.17 bits per heavy atom. The van der Waals surface area contributed by atoms with Gasteiger partial charge in [0.2, 0.25) is 5.91 Å². The van der Waals surface area contributed by atoms with Gasteiger partial charge in [0.05, 0.1) is 5.69 Å². The molecule has 1 aliphatic rings. The minimum absolute atomic E-state index is 0.0233. The van der Waals surface area contributed by atoms with Gasteiger partial charge in [-0.1, -0.05) is 0 Å². The Bertz CT molecular complexity index is 749. The van der Waals surface area contributed by atoms with E-state index >= 15 is 0 Å². The summed E-state index contributed by atoms with van der Waals surface area (Å²) in [4.78, 5) is 30.1. The van der Waals surface area contributed by atoms with Crippen LogP contribution >= 0.6 is 0 Å². The summed E-state index contributed by atoms with van der Waals surface area (Å²) in [6.07, 6.45) is 6.65. The average molecular weight is 326 g/mol. The molecule has 126 valence electrons. The van der Waals surface area contributed by atoms with Crippen molar-refractivity contribution in [3.63, 3.8) is 0 Å². The summed E-state index contributed by atoms with van der Waals surface area (Å²) in [5.41, 5.74) is 1.80. The third-order valence-corrected chi connectivity index (χ3v) is 4.53. The fourth-order valence-corrected chi connectivity index (χ4v) is 3.13. The van der Waals surface area contributed by atoms with Crippen LogP contribution in [0.1, 0.15) is 24.1 Å². The molecule has 1 saturated heterocycles. The summed E-state index contributed by atoms with van der Waals surface area (Å²) in [7, 11) is 0. The highest BCUT2D eigenvalue weighted by molar-refractivity contribution is 5.75. The number of hydrogen-bond acceptors (Lipinski definition) is 4. The van der Waals surface area contributed by atoms with Crippen LogP contribution in [0.25, 0.3) is 0 Å². The van der Waals surface area contributed by atoms with Gasteiger partial charge < -0.3 is 4.90 Å². The zero-order valence-electron chi connectivity index (χ0n) is 13.9. The molecule has 1 aliphatic heterocycles. The van der Waals surface area contributed by atoms with E-state index in [-0.39, 0.29) is 18.0 Å². The topological polar surface area (TPSA) is 68.1 Å². The summed E-state index contributed by atoms with van der Waals surface area (Å²) in [6, 6.07) is 7.21. The maximum Gasteiger partial charge on any atom is 0.267 e. The smallest absolute Gasteiger partial charge is 0.267 e. The van der Waals surface area contributed by atoms with Gasteiger partial charge in [-0.05, 0) is 55.9 Å². The van der Waals surface area contributed by atoms with E-state index < -0.39 is 0 Å². The van der Waals surface area contributed by atoms with Gasteiger partial charge in [0, 0.05) is 31.5 Å². The molecule has 0 N–H and O–H groups in total.